The first-order valence-electron chi connectivity index (χ1n) is 14.3. The number of rotatable bonds is 7. The molecule has 15 heteroatoms. The topological polar surface area (TPSA) is 231 Å². The van der Waals surface area contributed by atoms with E-state index in [1.807, 2.05) is 0 Å². The Balaban J connectivity index is 1.41. The zero-order valence-electron chi connectivity index (χ0n) is 23.4. The SMILES string of the molecule is COc1cc2c(cc1O)[C@@H]1[C@H](O[C@@H]3O[C@H](CO)[C@@H](O)[C@H](O)[C@H]3O)[C@@H](O[C@@H]3O[C@H](CO)[C@@H](O)[C@H](O)[C@H]3O)C=C3CCN(C2)[C@H]31. The van der Waals surface area contributed by atoms with Gasteiger partial charge in [-0.25, -0.2) is 0 Å². The number of aliphatic hydroxyl groups is 8. The molecule has 3 saturated heterocycles. The number of phenolic OH excluding ortho intramolecular Hbond substituents is 1. The quantitative estimate of drug-likeness (QED) is 0.135. The van der Waals surface area contributed by atoms with Gasteiger partial charge in [-0.15, -0.1) is 0 Å². The molecular weight excluding hydrogens is 574 g/mol. The molecular formula is C28H39NO14. The smallest absolute Gasteiger partial charge is 0.187 e. The summed E-state index contributed by atoms with van der Waals surface area (Å²) in [6, 6.07) is 3.09. The van der Waals surface area contributed by atoms with E-state index in [4.69, 9.17) is 23.7 Å². The van der Waals surface area contributed by atoms with Crippen LogP contribution >= 0.6 is 0 Å². The molecule has 0 saturated carbocycles. The molecule has 240 valence electrons. The summed E-state index contributed by atoms with van der Waals surface area (Å²) in [6.45, 7) is -0.0825. The van der Waals surface area contributed by atoms with Gasteiger partial charge in [0.25, 0.3) is 0 Å². The Morgan fingerprint density at radius 1 is 0.837 bits per heavy atom. The fraction of sp³-hybridized carbons (Fsp3) is 0.714. The summed E-state index contributed by atoms with van der Waals surface area (Å²) < 4.78 is 29.2. The second-order valence-electron chi connectivity index (χ2n) is 11.8. The van der Waals surface area contributed by atoms with Crippen LogP contribution < -0.4 is 4.74 Å². The normalized spacial score (nSPS) is 44.4. The molecule has 5 aliphatic rings. The number of ether oxygens (including phenoxy) is 5. The zero-order valence-corrected chi connectivity index (χ0v) is 23.4. The maximum absolute atomic E-state index is 10.8. The third kappa shape index (κ3) is 5.25. The fourth-order valence-electron chi connectivity index (χ4n) is 7.05. The Morgan fingerprint density at radius 2 is 1.44 bits per heavy atom. The Morgan fingerprint density at radius 3 is 2.02 bits per heavy atom. The van der Waals surface area contributed by atoms with Crippen molar-refractivity contribution in [3.8, 4) is 11.5 Å². The van der Waals surface area contributed by atoms with Crippen molar-refractivity contribution in [1.82, 2.24) is 4.90 Å². The molecule has 0 radical (unpaired) electrons. The van der Waals surface area contributed by atoms with Crippen molar-refractivity contribution in [2.24, 2.45) is 0 Å². The third-order valence-electron chi connectivity index (χ3n) is 9.31. The average molecular weight is 614 g/mol. The molecule has 0 unspecified atom stereocenters. The molecule has 3 fully saturated rings. The van der Waals surface area contributed by atoms with E-state index >= 15 is 0 Å². The highest BCUT2D eigenvalue weighted by Gasteiger charge is 2.55. The van der Waals surface area contributed by atoms with Crippen LogP contribution in [-0.4, -0.2) is 157 Å². The summed E-state index contributed by atoms with van der Waals surface area (Å²) in [7, 11) is 1.44. The van der Waals surface area contributed by atoms with E-state index in [-0.39, 0.29) is 17.5 Å². The second-order valence-corrected chi connectivity index (χ2v) is 11.8. The Bertz CT molecular complexity index is 1200. The lowest BCUT2D eigenvalue weighted by atomic mass is 9.73. The summed E-state index contributed by atoms with van der Waals surface area (Å²) in [5, 5.41) is 93.1. The number of hydrogen-bond donors (Lipinski definition) is 9. The van der Waals surface area contributed by atoms with Crippen LogP contribution in [0.2, 0.25) is 0 Å². The van der Waals surface area contributed by atoms with E-state index < -0.39 is 92.8 Å². The largest absolute Gasteiger partial charge is 0.504 e. The summed E-state index contributed by atoms with van der Waals surface area (Å²) in [6.07, 6.45) is -15.2. The minimum atomic E-state index is -1.72. The maximum atomic E-state index is 10.8. The van der Waals surface area contributed by atoms with Crippen LogP contribution in [0.25, 0.3) is 0 Å². The molecule has 4 aliphatic heterocycles. The van der Waals surface area contributed by atoms with E-state index in [0.29, 0.717) is 25.1 Å². The minimum absolute atomic E-state index is 0.109. The predicted molar refractivity (Wildman–Crippen MR) is 142 cm³/mol. The first kappa shape index (κ1) is 31.0. The van der Waals surface area contributed by atoms with E-state index in [9.17, 15) is 46.0 Å². The molecule has 4 heterocycles. The third-order valence-corrected chi connectivity index (χ3v) is 9.31. The molecule has 1 aromatic rings. The molecule has 0 bridgehead atoms. The van der Waals surface area contributed by atoms with Crippen LogP contribution in [0, 0.1) is 0 Å². The van der Waals surface area contributed by atoms with Crippen LogP contribution in [0.1, 0.15) is 23.5 Å². The summed E-state index contributed by atoms with van der Waals surface area (Å²) in [5.41, 5.74) is 2.52. The molecule has 9 N–H and O–H groups in total. The number of benzene rings is 1. The van der Waals surface area contributed by atoms with Crippen LogP contribution in [0.4, 0.5) is 0 Å². The lowest BCUT2D eigenvalue weighted by molar-refractivity contribution is -0.339. The molecule has 0 aromatic heterocycles. The van der Waals surface area contributed by atoms with Gasteiger partial charge in [0, 0.05) is 25.0 Å². The molecule has 1 aromatic carbocycles. The molecule has 15 nitrogen and oxygen atoms in total. The molecule has 0 amide bonds. The zero-order chi connectivity index (χ0) is 30.7. The number of hydrogen-bond acceptors (Lipinski definition) is 15. The number of phenols is 1. The number of nitrogens with zero attached hydrogens (tertiary/aromatic N) is 1. The van der Waals surface area contributed by atoms with Crippen molar-refractivity contribution >= 4 is 0 Å². The molecule has 0 spiro atoms. The van der Waals surface area contributed by atoms with E-state index in [2.05, 4.69) is 4.90 Å². The first-order valence-corrected chi connectivity index (χ1v) is 14.3. The molecule has 6 rings (SSSR count). The number of aliphatic hydroxyl groups excluding tert-OH is 8. The Hall–Kier alpha value is -1.96. The highest BCUT2D eigenvalue weighted by atomic mass is 16.7. The van der Waals surface area contributed by atoms with Crippen molar-refractivity contribution in [2.75, 3.05) is 26.9 Å². The van der Waals surface area contributed by atoms with E-state index in [0.717, 1.165) is 11.1 Å². The monoisotopic (exact) mass is 613 g/mol. The van der Waals surface area contributed by atoms with Crippen molar-refractivity contribution < 1.29 is 69.6 Å². The van der Waals surface area contributed by atoms with Gasteiger partial charge in [0.05, 0.1) is 26.4 Å². The van der Waals surface area contributed by atoms with Gasteiger partial charge in [0.15, 0.2) is 24.1 Å². The van der Waals surface area contributed by atoms with E-state index in [1.165, 1.54) is 7.11 Å². The van der Waals surface area contributed by atoms with E-state index in [1.54, 1.807) is 18.2 Å². The average Bonchev–Trinajstić information content (AvgIpc) is 3.41. The number of methoxy groups -OCH3 is 1. The molecule has 14 atom stereocenters. The van der Waals surface area contributed by atoms with Crippen molar-refractivity contribution in [3.05, 3.63) is 34.9 Å². The standard InChI is InChI=1S/C28H39NO14/c1-39-14-5-11-7-29-3-2-10-4-15(40-27-24(37)22(35)20(33)16(8-30)41-27)26(18(19(10)29)12(11)6-13(14)32)43-28-25(38)23(36)21(34)17(9-31)42-28/h4-6,15-28,30-38H,2-3,7-9H2,1H3/t15-,16+,17+,18-,19+,20+,21+,22-,23-,24+,25+,26+,27+,28-/m0/s1. The van der Waals surface area contributed by atoms with Gasteiger partial charge in [-0.3, -0.25) is 4.90 Å². The van der Waals surface area contributed by atoms with Gasteiger partial charge in [0.2, 0.25) is 0 Å². The second kappa shape index (κ2) is 12.1. The van der Waals surface area contributed by atoms with Crippen LogP contribution in [0.15, 0.2) is 23.8 Å². The summed E-state index contributed by atoms with van der Waals surface area (Å²) >= 11 is 0. The van der Waals surface area contributed by atoms with Gasteiger partial charge in [-0.2, -0.15) is 0 Å². The number of aromatic hydroxyl groups is 1. The van der Waals surface area contributed by atoms with Crippen molar-refractivity contribution in [2.45, 2.75) is 98.5 Å². The fourth-order valence-corrected chi connectivity index (χ4v) is 7.05. The van der Waals surface area contributed by atoms with Gasteiger partial charge >= 0.3 is 0 Å². The summed E-state index contributed by atoms with van der Waals surface area (Å²) in [5.74, 6) is -0.393. The Labute approximate surface area is 246 Å². The van der Waals surface area contributed by atoms with Gasteiger partial charge in [-0.05, 0) is 29.7 Å². The predicted octanol–water partition coefficient (Wildman–Crippen LogP) is -3.62. The highest BCUT2D eigenvalue weighted by Crippen LogP contribution is 2.51. The van der Waals surface area contributed by atoms with Crippen LogP contribution in [0.3, 0.4) is 0 Å². The van der Waals surface area contributed by atoms with Gasteiger partial charge < -0.3 is 69.6 Å². The lowest BCUT2D eigenvalue weighted by Gasteiger charge is -2.50. The van der Waals surface area contributed by atoms with Gasteiger partial charge in [0.1, 0.15) is 54.9 Å². The molecule has 1 aliphatic carbocycles. The Kier molecular flexibility index (Phi) is 8.73. The summed E-state index contributed by atoms with van der Waals surface area (Å²) in [4.78, 5) is 2.23. The van der Waals surface area contributed by atoms with Crippen LogP contribution in [0.5, 0.6) is 11.5 Å². The first-order chi connectivity index (χ1) is 20.6. The van der Waals surface area contributed by atoms with Crippen molar-refractivity contribution in [1.29, 1.82) is 0 Å². The number of fused-ring (bicyclic) bond motifs is 2. The van der Waals surface area contributed by atoms with Crippen molar-refractivity contribution in [3.63, 3.8) is 0 Å². The molecule has 43 heavy (non-hydrogen) atoms. The highest BCUT2D eigenvalue weighted by molar-refractivity contribution is 5.52. The maximum Gasteiger partial charge on any atom is 0.187 e. The van der Waals surface area contributed by atoms with Crippen LogP contribution in [-0.2, 0) is 25.5 Å². The lowest BCUT2D eigenvalue weighted by Crippen LogP contribution is -2.63. The minimum Gasteiger partial charge on any atom is -0.504 e. The van der Waals surface area contributed by atoms with Gasteiger partial charge in [-0.1, -0.05) is 11.6 Å².